The van der Waals surface area contributed by atoms with E-state index in [1.807, 2.05) is 43.7 Å². The predicted octanol–water partition coefficient (Wildman–Crippen LogP) is 3.06. The maximum atomic E-state index is 5.39. The molecule has 2 rings (SSSR count). The molecule has 0 spiro atoms. The van der Waals surface area contributed by atoms with Crippen LogP contribution in [-0.2, 0) is 17.8 Å². The smallest absolute Gasteiger partial charge is 0.191 e. The van der Waals surface area contributed by atoms with Gasteiger partial charge >= 0.3 is 0 Å². The molecule has 8 heteroatoms. The second-order valence-corrected chi connectivity index (χ2v) is 6.07. The fourth-order valence-electron chi connectivity index (χ4n) is 2.49. The Morgan fingerprint density at radius 3 is 2.54 bits per heavy atom. The van der Waals surface area contributed by atoms with E-state index in [-0.39, 0.29) is 24.0 Å². The molecule has 1 heterocycles. The van der Waals surface area contributed by atoms with Crippen molar-refractivity contribution in [1.29, 1.82) is 0 Å². The van der Waals surface area contributed by atoms with Crippen molar-refractivity contribution in [1.82, 2.24) is 20.2 Å². The van der Waals surface area contributed by atoms with E-state index in [9.17, 15) is 0 Å². The zero-order valence-corrected chi connectivity index (χ0v) is 19.1. The van der Waals surface area contributed by atoms with Gasteiger partial charge in [0.1, 0.15) is 5.75 Å². The van der Waals surface area contributed by atoms with Gasteiger partial charge in [0.15, 0.2) is 5.96 Å². The van der Waals surface area contributed by atoms with E-state index in [4.69, 9.17) is 14.5 Å². The van der Waals surface area contributed by atoms with Gasteiger partial charge in [0.2, 0.25) is 0 Å². The van der Waals surface area contributed by atoms with Crippen LogP contribution in [0.25, 0.3) is 0 Å². The molecule has 0 saturated carbocycles. The molecule has 0 amide bonds. The number of imidazole rings is 1. The highest BCUT2D eigenvalue weighted by Crippen LogP contribution is 2.11. The van der Waals surface area contributed by atoms with Crippen LogP contribution in [0.2, 0.25) is 0 Å². The van der Waals surface area contributed by atoms with E-state index in [1.54, 1.807) is 13.3 Å². The van der Waals surface area contributed by atoms with Crippen LogP contribution in [0.5, 0.6) is 5.75 Å². The first kappa shape index (κ1) is 24.2. The molecule has 1 aromatic carbocycles. The van der Waals surface area contributed by atoms with Crippen molar-refractivity contribution >= 4 is 29.9 Å². The minimum absolute atomic E-state index is 0. The number of hydrogen-bond donors (Lipinski definition) is 2. The summed E-state index contributed by atoms with van der Waals surface area (Å²) < 4.78 is 12.7. The van der Waals surface area contributed by atoms with Gasteiger partial charge in [-0.15, -0.1) is 24.0 Å². The average Bonchev–Trinajstić information content (AvgIpc) is 3.22. The third-order valence-corrected chi connectivity index (χ3v) is 3.99. The summed E-state index contributed by atoms with van der Waals surface area (Å²) in [6.07, 6.45) is 7.56. The molecule has 1 aromatic heterocycles. The van der Waals surface area contributed by atoms with Gasteiger partial charge in [0.05, 0.1) is 20.0 Å². The SMILES string of the molecule is CCOCCCNC(=NCc1ccc(OC)cc1)NCCCn1ccnc1.I. The van der Waals surface area contributed by atoms with Gasteiger partial charge in [-0.05, 0) is 37.5 Å². The molecule has 156 valence electrons. The molecule has 0 aliphatic rings. The Balaban J connectivity index is 0.00000392. The number of benzene rings is 1. The Morgan fingerprint density at radius 1 is 1.14 bits per heavy atom. The number of methoxy groups -OCH3 is 1. The standard InChI is InChI=1S/C20H31N5O2.HI/c1-3-27-15-5-11-23-20(22-10-4-13-25-14-12-21-17-25)24-16-18-6-8-19(26-2)9-7-18;/h6-9,12,14,17H,3-5,10-11,13,15-16H2,1-2H3,(H2,22,23,24);1H. The van der Waals surface area contributed by atoms with Crippen LogP contribution in [0.15, 0.2) is 48.0 Å². The van der Waals surface area contributed by atoms with Crippen LogP contribution < -0.4 is 15.4 Å². The number of halogens is 1. The lowest BCUT2D eigenvalue weighted by Gasteiger charge is -2.13. The Bertz CT molecular complexity index is 647. The van der Waals surface area contributed by atoms with Crippen LogP contribution in [-0.4, -0.2) is 48.9 Å². The van der Waals surface area contributed by atoms with Gasteiger partial charge in [-0.2, -0.15) is 0 Å². The highest BCUT2D eigenvalue weighted by molar-refractivity contribution is 14.0. The highest BCUT2D eigenvalue weighted by Gasteiger charge is 2.00. The lowest BCUT2D eigenvalue weighted by atomic mass is 10.2. The number of rotatable bonds is 12. The van der Waals surface area contributed by atoms with Gasteiger partial charge in [-0.3, -0.25) is 0 Å². The van der Waals surface area contributed by atoms with E-state index >= 15 is 0 Å². The maximum absolute atomic E-state index is 5.39. The third-order valence-electron chi connectivity index (χ3n) is 3.99. The number of nitrogens with zero attached hydrogens (tertiary/aromatic N) is 3. The van der Waals surface area contributed by atoms with E-state index in [0.717, 1.165) is 63.0 Å². The topological polar surface area (TPSA) is 72.7 Å². The van der Waals surface area contributed by atoms with Crippen LogP contribution in [0.3, 0.4) is 0 Å². The minimum Gasteiger partial charge on any atom is -0.497 e. The summed E-state index contributed by atoms with van der Waals surface area (Å²) >= 11 is 0. The molecular weight excluding hydrogens is 469 g/mol. The maximum Gasteiger partial charge on any atom is 0.191 e. The minimum atomic E-state index is 0. The van der Waals surface area contributed by atoms with E-state index in [1.165, 1.54) is 0 Å². The van der Waals surface area contributed by atoms with Crippen molar-refractivity contribution in [3.63, 3.8) is 0 Å². The number of guanidine groups is 1. The molecule has 28 heavy (non-hydrogen) atoms. The summed E-state index contributed by atoms with van der Waals surface area (Å²) in [5.74, 6) is 1.68. The van der Waals surface area contributed by atoms with Crippen molar-refractivity contribution < 1.29 is 9.47 Å². The molecule has 0 atom stereocenters. The number of aromatic nitrogens is 2. The summed E-state index contributed by atoms with van der Waals surface area (Å²) in [7, 11) is 1.67. The average molecular weight is 501 g/mol. The number of ether oxygens (including phenoxy) is 2. The second-order valence-electron chi connectivity index (χ2n) is 6.07. The third kappa shape index (κ3) is 9.93. The van der Waals surface area contributed by atoms with Crippen molar-refractivity contribution in [3.05, 3.63) is 48.5 Å². The molecule has 0 radical (unpaired) electrons. The summed E-state index contributed by atoms with van der Waals surface area (Å²) in [5.41, 5.74) is 1.14. The van der Waals surface area contributed by atoms with E-state index < -0.39 is 0 Å². The predicted molar refractivity (Wildman–Crippen MR) is 124 cm³/mol. The zero-order chi connectivity index (χ0) is 19.2. The van der Waals surface area contributed by atoms with Gasteiger partial charge in [-0.25, -0.2) is 9.98 Å². The van der Waals surface area contributed by atoms with Crippen LogP contribution in [0.1, 0.15) is 25.3 Å². The molecule has 0 aliphatic heterocycles. The summed E-state index contributed by atoms with van der Waals surface area (Å²) in [6.45, 7) is 6.75. The molecule has 0 bridgehead atoms. The van der Waals surface area contributed by atoms with Gasteiger partial charge in [0.25, 0.3) is 0 Å². The van der Waals surface area contributed by atoms with Crippen molar-refractivity contribution in [2.45, 2.75) is 32.9 Å². The molecule has 2 N–H and O–H groups in total. The molecule has 2 aromatic rings. The first-order valence-electron chi connectivity index (χ1n) is 9.50. The van der Waals surface area contributed by atoms with Crippen LogP contribution in [0.4, 0.5) is 0 Å². The Kier molecular flexibility index (Phi) is 13.1. The van der Waals surface area contributed by atoms with Gasteiger partial charge in [0, 0.05) is 45.2 Å². The number of hydrogen-bond acceptors (Lipinski definition) is 4. The fraction of sp³-hybridized carbons (Fsp3) is 0.500. The van der Waals surface area contributed by atoms with E-state index in [0.29, 0.717) is 6.54 Å². The molecule has 7 nitrogen and oxygen atoms in total. The van der Waals surface area contributed by atoms with Crippen LogP contribution >= 0.6 is 24.0 Å². The molecule has 0 saturated heterocycles. The monoisotopic (exact) mass is 501 g/mol. The molecular formula is C20H32IN5O2. The quantitative estimate of drug-likeness (QED) is 0.203. The Morgan fingerprint density at radius 2 is 1.89 bits per heavy atom. The first-order chi connectivity index (χ1) is 13.3. The van der Waals surface area contributed by atoms with E-state index in [2.05, 4.69) is 20.2 Å². The number of aryl methyl sites for hydroxylation is 1. The highest BCUT2D eigenvalue weighted by atomic mass is 127. The van der Waals surface area contributed by atoms with Gasteiger partial charge in [-0.1, -0.05) is 12.1 Å². The van der Waals surface area contributed by atoms with Crippen molar-refractivity contribution in [2.24, 2.45) is 4.99 Å². The summed E-state index contributed by atoms with van der Waals surface area (Å²) in [5, 5.41) is 6.79. The lowest BCUT2D eigenvalue weighted by molar-refractivity contribution is 0.145. The summed E-state index contributed by atoms with van der Waals surface area (Å²) in [6, 6.07) is 7.99. The van der Waals surface area contributed by atoms with Crippen molar-refractivity contribution in [3.8, 4) is 5.75 Å². The fourth-order valence-corrected chi connectivity index (χ4v) is 2.49. The molecule has 0 fully saturated rings. The Labute approximate surface area is 185 Å². The largest absolute Gasteiger partial charge is 0.497 e. The van der Waals surface area contributed by atoms with Crippen molar-refractivity contribution in [2.75, 3.05) is 33.4 Å². The van der Waals surface area contributed by atoms with Crippen LogP contribution in [0, 0.1) is 0 Å². The lowest BCUT2D eigenvalue weighted by Crippen LogP contribution is -2.39. The first-order valence-corrected chi connectivity index (χ1v) is 9.50. The number of aliphatic imine (C=N–C) groups is 1. The number of nitrogens with one attached hydrogen (secondary N) is 2. The summed E-state index contributed by atoms with van der Waals surface area (Å²) in [4.78, 5) is 8.76. The second kappa shape index (κ2) is 15.2. The Hall–Kier alpha value is -1.81. The zero-order valence-electron chi connectivity index (χ0n) is 16.8. The molecule has 0 unspecified atom stereocenters. The molecule has 0 aliphatic carbocycles. The van der Waals surface area contributed by atoms with Gasteiger partial charge < -0.3 is 24.7 Å². The normalized spacial score (nSPS) is 11.0.